The Morgan fingerprint density at radius 3 is 3.00 bits per heavy atom. The highest BCUT2D eigenvalue weighted by atomic mass is 16.1. The van der Waals surface area contributed by atoms with Crippen LogP contribution in [-0.2, 0) is 4.79 Å². The van der Waals surface area contributed by atoms with E-state index in [0.717, 1.165) is 18.4 Å². The second-order valence-electron chi connectivity index (χ2n) is 2.58. The van der Waals surface area contributed by atoms with Crippen LogP contribution in [0.25, 0.3) is 0 Å². The first-order chi connectivity index (χ1) is 4.80. The molecule has 0 bridgehead atoms. The summed E-state index contributed by atoms with van der Waals surface area (Å²) in [6.07, 6.45) is 8.90. The Kier molecular flexibility index (Phi) is 2.43. The quantitative estimate of drug-likeness (QED) is 0.499. The number of hydrogen-bond donors (Lipinski definition) is 0. The summed E-state index contributed by atoms with van der Waals surface area (Å²) in [6.45, 7) is 1.87. The van der Waals surface area contributed by atoms with E-state index in [0.29, 0.717) is 0 Å². The largest absolute Gasteiger partial charge is 0.290 e. The Labute approximate surface area is 61.4 Å². The van der Waals surface area contributed by atoms with Crippen LogP contribution in [0.1, 0.15) is 26.2 Å². The van der Waals surface area contributed by atoms with Gasteiger partial charge in [-0.25, -0.2) is 0 Å². The average Bonchev–Trinajstić information content (AvgIpc) is 1.92. The second kappa shape index (κ2) is 3.35. The molecule has 1 aliphatic rings. The first-order valence-corrected chi connectivity index (χ1v) is 3.68. The third-order valence-electron chi connectivity index (χ3n) is 1.68. The molecule has 1 heteroatoms. The van der Waals surface area contributed by atoms with Crippen LogP contribution in [0.5, 0.6) is 0 Å². The standard InChI is InChI=1S/C9H12O/c1-8-6-4-2-3-5-7-9(8)10/h5-7H,2-4H2,1H3/b7-5-,8-6-. The van der Waals surface area contributed by atoms with Crippen molar-refractivity contribution >= 4 is 5.78 Å². The topological polar surface area (TPSA) is 17.1 Å². The van der Waals surface area contributed by atoms with Gasteiger partial charge >= 0.3 is 0 Å². The SMILES string of the molecule is C/C1=C/CCC/C=C\C1=O. The maximum absolute atomic E-state index is 11.0. The fourth-order valence-electron chi connectivity index (χ4n) is 0.977. The molecule has 0 saturated carbocycles. The highest BCUT2D eigenvalue weighted by Crippen LogP contribution is 2.07. The van der Waals surface area contributed by atoms with Crippen molar-refractivity contribution in [3.8, 4) is 0 Å². The third-order valence-corrected chi connectivity index (χ3v) is 1.68. The molecule has 0 atom stereocenters. The molecule has 0 radical (unpaired) electrons. The van der Waals surface area contributed by atoms with Gasteiger partial charge in [0.15, 0.2) is 5.78 Å². The fourth-order valence-corrected chi connectivity index (χ4v) is 0.977. The third kappa shape index (κ3) is 1.83. The summed E-state index contributed by atoms with van der Waals surface area (Å²) < 4.78 is 0. The van der Waals surface area contributed by atoms with E-state index in [-0.39, 0.29) is 5.78 Å². The van der Waals surface area contributed by atoms with Crippen LogP contribution in [0.3, 0.4) is 0 Å². The van der Waals surface area contributed by atoms with E-state index in [9.17, 15) is 4.79 Å². The van der Waals surface area contributed by atoms with Gasteiger partial charge in [-0.15, -0.1) is 0 Å². The molecule has 10 heavy (non-hydrogen) atoms. The van der Waals surface area contributed by atoms with Gasteiger partial charge in [-0.1, -0.05) is 12.2 Å². The van der Waals surface area contributed by atoms with Crippen molar-refractivity contribution in [2.75, 3.05) is 0 Å². The Morgan fingerprint density at radius 1 is 1.40 bits per heavy atom. The maximum atomic E-state index is 11.0. The average molecular weight is 136 g/mol. The number of ketones is 1. The zero-order valence-corrected chi connectivity index (χ0v) is 6.26. The first-order valence-electron chi connectivity index (χ1n) is 3.68. The van der Waals surface area contributed by atoms with Gasteiger partial charge in [0.2, 0.25) is 0 Å². The van der Waals surface area contributed by atoms with Crippen LogP contribution in [0, 0.1) is 0 Å². The lowest BCUT2D eigenvalue weighted by Gasteiger charge is -1.99. The lowest BCUT2D eigenvalue weighted by molar-refractivity contribution is -0.111. The molecule has 1 nitrogen and oxygen atoms in total. The van der Waals surface area contributed by atoms with Gasteiger partial charge in [0, 0.05) is 0 Å². The van der Waals surface area contributed by atoms with Crippen LogP contribution < -0.4 is 0 Å². The van der Waals surface area contributed by atoms with Crippen LogP contribution >= 0.6 is 0 Å². The van der Waals surface area contributed by atoms with Crippen LogP contribution in [-0.4, -0.2) is 5.78 Å². The predicted molar refractivity (Wildman–Crippen MR) is 41.8 cm³/mol. The minimum atomic E-state index is 0.166. The van der Waals surface area contributed by atoms with E-state index in [1.165, 1.54) is 6.42 Å². The molecule has 0 aromatic carbocycles. The van der Waals surface area contributed by atoms with Crippen molar-refractivity contribution in [1.82, 2.24) is 0 Å². The molecular formula is C9H12O. The van der Waals surface area contributed by atoms with Crippen molar-refractivity contribution in [3.63, 3.8) is 0 Å². The van der Waals surface area contributed by atoms with Crippen molar-refractivity contribution in [2.45, 2.75) is 26.2 Å². The molecule has 0 amide bonds. The van der Waals surface area contributed by atoms with Gasteiger partial charge in [-0.3, -0.25) is 4.79 Å². The Morgan fingerprint density at radius 2 is 2.20 bits per heavy atom. The molecule has 0 spiro atoms. The van der Waals surface area contributed by atoms with Crippen LogP contribution in [0.2, 0.25) is 0 Å². The maximum Gasteiger partial charge on any atom is 0.180 e. The number of carbonyl (C=O) groups is 1. The lowest BCUT2D eigenvalue weighted by Crippen LogP contribution is -1.95. The highest BCUT2D eigenvalue weighted by Gasteiger charge is 1.99. The smallest absolute Gasteiger partial charge is 0.180 e. The van der Waals surface area contributed by atoms with Gasteiger partial charge in [0.1, 0.15) is 0 Å². The lowest BCUT2D eigenvalue weighted by atomic mass is 10.1. The van der Waals surface area contributed by atoms with Gasteiger partial charge < -0.3 is 0 Å². The Balaban J connectivity index is 2.70. The van der Waals surface area contributed by atoms with Crippen molar-refractivity contribution in [3.05, 3.63) is 23.8 Å². The summed E-state index contributed by atoms with van der Waals surface area (Å²) in [4.78, 5) is 11.0. The summed E-state index contributed by atoms with van der Waals surface area (Å²) in [5.74, 6) is 0.166. The van der Waals surface area contributed by atoms with E-state index >= 15 is 0 Å². The molecule has 0 aromatic rings. The summed E-state index contributed by atoms with van der Waals surface area (Å²) in [5, 5.41) is 0. The summed E-state index contributed by atoms with van der Waals surface area (Å²) in [5.41, 5.74) is 0.885. The summed E-state index contributed by atoms with van der Waals surface area (Å²) in [6, 6.07) is 0. The Hall–Kier alpha value is -0.850. The number of hydrogen-bond acceptors (Lipinski definition) is 1. The molecule has 0 aliphatic heterocycles. The number of carbonyl (C=O) groups excluding carboxylic acids is 1. The van der Waals surface area contributed by atoms with Crippen molar-refractivity contribution in [1.29, 1.82) is 0 Å². The van der Waals surface area contributed by atoms with Gasteiger partial charge in [0.25, 0.3) is 0 Å². The van der Waals surface area contributed by atoms with Gasteiger partial charge in [-0.05, 0) is 37.8 Å². The summed E-state index contributed by atoms with van der Waals surface area (Å²) in [7, 11) is 0. The zero-order valence-electron chi connectivity index (χ0n) is 6.26. The van der Waals surface area contributed by atoms with Crippen LogP contribution in [0.15, 0.2) is 23.8 Å². The zero-order chi connectivity index (χ0) is 7.40. The van der Waals surface area contributed by atoms with Gasteiger partial charge in [-0.2, -0.15) is 0 Å². The molecule has 1 aliphatic carbocycles. The molecular weight excluding hydrogens is 124 g/mol. The van der Waals surface area contributed by atoms with Crippen LogP contribution in [0.4, 0.5) is 0 Å². The molecule has 0 unspecified atom stereocenters. The molecule has 1 rings (SSSR count). The van der Waals surface area contributed by atoms with Gasteiger partial charge in [0.05, 0.1) is 0 Å². The molecule has 0 heterocycles. The van der Waals surface area contributed by atoms with E-state index in [1.807, 2.05) is 19.1 Å². The van der Waals surface area contributed by atoms with E-state index in [4.69, 9.17) is 0 Å². The fraction of sp³-hybridized carbons (Fsp3) is 0.444. The van der Waals surface area contributed by atoms with E-state index in [2.05, 4.69) is 0 Å². The minimum absolute atomic E-state index is 0.166. The minimum Gasteiger partial charge on any atom is -0.290 e. The number of allylic oxidation sites excluding steroid dienone is 4. The van der Waals surface area contributed by atoms with Crippen molar-refractivity contribution < 1.29 is 4.79 Å². The second-order valence-corrected chi connectivity index (χ2v) is 2.58. The number of rotatable bonds is 0. The monoisotopic (exact) mass is 136 g/mol. The summed E-state index contributed by atoms with van der Waals surface area (Å²) >= 11 is 0. The van der Waals surface area contributed by atoms with E-state index < -0.39 is 0 Å². The van der Waals surface area contributed by atoms with E-state index in [1.54, 1.807) is 6.08 Å². The molecule has 0 fully saturated rings. The highest BCUT2D eigenvalue weighted by molar-refractivity contribution is 6.03. The first kappa shape index (κ1) is 7.26. The molecule has 54 valence electrons. The Bertz CT molecular complexity index is 187. The molecule has 0 N–H and O–H groups in total. The molecule has 0 saturated heterocycles. The molecule has 0 aromatic heterocycles. The van der Waals surface area contributed by atoms with Crippen molar-refractivity contribution in [2.24, 2.45) is 0 Å². The predicted octanol–water partition coefficient (Wildman–Crippen LogP) is 2.24. The normalized spacial score (nSPS) is 28.1.